The van der Waals surface area contributed by atoms with Gasteiger partial charge in [-0.2, -0.15) is 0 Å². The second-order valence-corrected chi connectivity index (χ2v) is 3.30. The molecule has 17 heavy (non-hydrogen) atoms. The molecular formula is C9H12N6O2. The Hall–Kier alpha value is -2.16. The number of fused-ring (bicyclic) bond motifs is 1. The average molecular weight is 236 g/mol. The number of para-hydroxylation sites is 2. The predicted octanol–water partition coefficient (Wildman–Crippen LogP) is -0.0374. The molecule has 0 aliphatic carbocycles. The number of hydrogen-bond acceptors (Lipinski definition) is 5. The zero-order valence-corrected chi connectivity index (χ0v) is 8.83. The Bertz CT molecular complexity index is 502. The van der Waals surface area contributed by atoms with Crippen molar-refractivity contribution in [1.29, 1.82) is 0 Å². The topological polar surface area (TPSA) is 123 Å². The molecule has 0 aliphatic rings. The van der Waals surface area contributed by atoms with Crippen LogP contribution in [-0.2, 0) is 6.54 Å². The van der Waals surface area contributed by atoms with E-state index in [2.05, 4.69) is 15.0 Å². The van der Waals surface area contributed by atoms with Crippen LogP contribution in [0.25, 0.3) is 11.0 Å². The van der Waals surface area contributed by atoms with E-state index in [1.54, 1.807) is 0 Å². The van der Waals surface area contributed by atoms with E-state index in [9.17, 15) is 0 Å². The lowest BCUT2D eigenvalue weighted by Crippen LogP contribution is -2.42. The van der Waals surface area contributed by atoms with Crippen LogP contribution in [0.1, 0.15) is 5.82 Å². The van der Waals surface area contributed by atoms with Crippen molar-refractivity contribution in [1.82, 2.24) is 20.7 Å². The lowest BCUT2D eigenvalue weighted by Gasteiger charge is -2.07. The Morgan fingerprint density at radius 2 is 2.24 bits per heavy atom. The number of nitrogens with zero attached hydrogens (tertiary/aromatic N) is 3. The highest BCUT2D eigenvalue weighted by atomic mass is 16.8. The summed E-state index contributed by atoms with van der Waals surface area (Å²) in [7, 11) is 0. The number of hydrogen-bond donors (Lipinski definition) is 5. The molecule has 0 aliphatic heterocycles. The second-order valence-electron chi connectivity index (χ2n) is 3.30. The maximum absolute atomic E-state index is 8.43. The minimum atomic E-state index is -0.266. The summed E-state index contributed by atoms with van der Waals surface area (Å²) in [4.78, 5) is 11.2. The molecule has 0 saturated carbocycles. The fraction of sp³-hybridized carbons (Fsp3) is 0.111. The van der Waals surface area contributed by atoms with Crippen LogP contribution in [0.3, 0.4) is 0 Å². The summed E-state index contributed by atoms with van der Waals surface area (Å²) in [6.45, 7) is 0.210. The summed E-state index contributed by atoms with van der Waals surface area (Å²) >= 11 is 0. The van der Waals surface area contributed by atoms with Gasteiger partial charge in [-0.25, -0.2) is 15.4 Å². The summed E-state index contributed by atoms with van der Waals surface area (Å²) in [6.07, 6.45) is 0. The van der Waals surface area contributed by atoms with Crippen molar-refractivity contribution in [3.63, 3.8) is 0 Å². The van der Waals surface area contributed by atoms with E-state index in [4.69, 9.17) is 16.1 Å². The third-order valence-electron chi connectivity index (χ3n) is 2.05. The highest BCUT2D eigenvalue weighted by molar-refractivity contribution is 5.77. The number of imidazole rings is 1. The summed E-state index contributed by atoms with van der Waals surface area (Å²) in [6, 6.07) is 7.57. The first-order chi connectivity index (χ1) is 8.15. The molecule has 8 heteroatoms. The van der Waals surface area contributed by atoms with E-state index in [1.807, 2.05) is 29.7 Å². The maximum atomic E-state index is 8.43. The molecule has 0 spiro atoms. The van der Waals surface area contributed by atoms with Crippen molar-refractivity contribution in [3.05, 3.63) is 30.1 Å². The Morgan fingerprint density at radius 3 is 2.94 bits per heavy atom. The van der Waals surface area contributed by atoms with Crippen molar-refractivity contribution in [2.75, 3.05) is 0 Å². The quantitative estimate of drug-likeness (QED) is 0.289. The van der Waals surface area contributed by atoms with E-state index in [1.165, 1.54) is 0 Å². The van der Waals surface area contributed by atoms with E-state index < -0.39 is 0 Å². The van der Waals surface area contributed by atoms with Crippen molar-refractivity contribution in [2.45, 2.75) is 6.54 Å². The lowest BCUT2D eigenvalue weighted by atomic mass is 10.3. The van der Waals surface area contributed by atoms with Crippen LogP contribution in [0, 0.1) is 0 Å². The van der Waals surface area contributed by atoms with Gasteiger partial charge in [0.2, 0.25) is 5.96 Å². The molecule has 6 N–H and O–H groups in total. The van der Waals surface area contributed by atoms with Gasteiger partial charge in [0.1, 0.15) is 12.4 Å². The fourth-order valence-electron chi connectivity index (χ4n) is 1.38. The van der Waals surface area contributed by atoms with Crippen molar-refractivity contribution >= 4 is 17.0 Å². The SMILES string of the molecule is NC(=NCc1nc2ccccc2[nH]1)NN(O)O. The van der Waals surface area contributed by atoms with Gasteiger partial charge in [0.05, 0.1) is 11.0 Å². The summed E-state index contributed by atoms with van der Waals surface area (Å²) < 4.78 is 0. The van der Waals surface area contributed by atoms with Gasteiger partial charge in [-0.1, -0.05) is 12.1 Å². The largest absolute Gasteiger partial charge is 0.369 e. The number of H-pyrrole nitrogens is 1. The van der Waals surface area contributed by atoms with Gasteiger partial charge in [0, 0.05) is 5.34 Å². The Labute approximate surface area is 96.3 Å². The van der Waals surface area contributed by atoms with E-state index >= 15 is 0 Å². The van der Waals surface area contributed by atoms with Gasteiger partial charge in [-0.3, -0.25) is 10.4 Å². The zero-order valence-electron chi connectivity index (χ0n) is 8.83. The van der Waals surface area contributed by atoms with Crippen molar-refractivity contribution in [2.24, 2.45) is 10.7 Å². The number of guanidine groups is 1. The molecule has 2 rings (SSSR count). The number of aromatic amines is 1. The van der Waals surface area contributed by atoms with Gasteiger partial charge in [0.15, 0.2) is 0 Å². The van der Waals surface area contributed by atoms with Gasteiger partial charge < -0.3 is 10.7 Å². The fourth-order valence-corrected chi connectivity index (χ4v) is 1.38. The van der Waals surface area contributed by atoms with Gasteiger partial charge >= 0.3 is 0 Å². The van der Waals surface area contributed by atoms with Gasteiger partial charge in [-0.15, -0.1) is 0 Å². The zero-order chi connectivity index (χ0) is 12.3. The number of aliphatic imine (C=N–C) groups is 1. The average Bonchev–Trinajstić information content (AvgIpc) is 2.68. The highest BCUT2D eigenvalue weighted by Gasteiger charge is 2.01. The molecule has 0 unspecified atom stereocenters. The lowest BCUT2D eigenvalue weighted by molar-refractivity contribution is -0.329. The van der Waals surface area contributed by atoms with Crippen LogP contribution in [0.15, 0.2) is 29.3 Å². The molecule has 1 heterocycles. The third-order valence-corrected chi connectivity index (χ3v) is 2.05. The monoisotopic (exact) mass is 236 g/mol. The molecule has 0 bridgehead atoms. The second kappa shape index (κ2) is 4.78. The minimum absolute atomic E-state index is 0.129. The predicted molar refractivity (Wildman–Crippen MR) is 60.0 cm³/mol. The standard InChI is InChI=1S/C9H12N6O2/c10-9(14-15(16)17)11-5-8-12-6-3-1-2-4-7(6)13-8/h1-4,16-17H,5H2,(H,12,13)(H3,10,11,14). The van der Waals surface area contributed by atoms with E-state index in [0.717, 1.165) is 11.0 Å². The van der Waals surface area contributed by atoms with Crippen LogP contribution in [0.2, 0.25) is 0 Å². The first kappa shape index (κ1) is 11.3. The number of hydrazine groups is 1. The van der Waals surface area contributed by atoms with E-state index in [0.29, 0.717) is 5.82 Å². The minimum Gasteiger partial charge on any atom is -0.369 e. The molecule has 2 aromatic rings. The third kappa shape index (κ3) is 2.91. The molecule has 90 valence electrons. The molecule has 8 nitrogen and oxygen atoms in total. The number of benzene rings is 1. The molecule has 0 amide bonds. The molecular weight excluding hydrogens is 224 g/mol. The molecule has 1 aromatic heterocycles. The number of rotatable bonds is 3. The molecule has 0 radical (unpaired) electrons. The first-order valence-electron chi connectivity index (χ1n) is 4.83. The molecule has 0 fully saturated rings. The van der Waals surface area contributed by atoms with Crippen molar-refractivity contribution < 1.29 is 10.4 Å². The Morgan fingerprint density at radius 1 is 1.47 bits per heavy atom. The van der Waals surface area contributed by atoms with Crippen molar-refractivity contribution in [3.8, 4) is 0 Å². The van der Waals surface area contributed by atoms with Crippen LogP contribution in [-0.4, -0.2) is 31.7 Å². The highest BCUT2D eigenvalue weighted by Crippen LogP contribution is 2.10. The number of aromatic nitrogens is 2. The van der Waals surface area contributed by atoms with Crippen LogP contribution < -0.4 is 11.2 Å². The van der Waals surface area contributed by atoms with Gasteiger partial charge in [-0.05, 0) is 12.1 Å². The summed E-state index contributed by atoms with van der Waals surface area (Å²) in [5.41, 5.74) is 9.08. The maximum Gasteiger partial charge on any atom is 0.207 e. The van der Waals surface area contributed by atoms with Crippen LogP contribution in [0.4, 0.5) is 0 Å². The Kier molecular flexibility index (Phi) is 3.19. The summed E-state index contributed by atoms with van der Waals surface area (Å²) in [5.74, 6) is 0.508. The molecule has 0 atom stereocenters. The normalized spacial score (nSPS) is 12.3. The smallest absolute Gasteiger partial charge is 0.207 e. The van der Waals surface area contributed by atoms with E-state index in [-0.39, 0.29) is 17.8 Å². The van der Waals surface area contributed by atoms with Crippen LogP contribution in [0.5, 0.6) is 0 Å². The molecule has 1 aromatic carbocycles. The van der Waals surface area contributed by atoms with Crippen LogP contribution >= 0.6 is 0 Å². The number of nitrogens with two attached hydrogens (primary N) is 1. The first-order valence-corrected chi connectivity index (χ1v) is 4.83. The molecule has 0 saturated heterocycles. The summed E-state index contributed by atoms with van der Waals surface area (Å²) in [5, 5.41) is 16.6. The Balaban J connectivity index is 2.08. The number of nitrogens with one attached hydrogen (secondary N) is 2. The van der Waals surface area contributed by atoms with Gasteiger partial charge in [0.25, 0.3) is 0 Å².